The summed E-state index contributed by atoms with van der Waals surface area (Å²) in [4.78, 5) is 71.8. The van der Waals surface area contributed by atoms with Crippen LogP contribution in [0.5, 0.6) is 0 Å². The SMILES string of the molecule is CC(=O)NC(CCCN=C(N)N)C(=O)NC(CC(C)C)C(=O)NC(CCCN=C(N)N)C(=O)Nc1ccc2c(C)cc(=O)oc2c1. The number of benzene rings is 1. The highest BCUT2D eigenvalue weighted by atomic mass is 16.4. The van der Waals surface area contributed by atoms with Crippen LogP contribution in [0.25, 0.3) is 11.0 Å². The number of fused-ring (bicyclic) bond motifs is 1. The van der Waals surface area contributed by atoms with Crippen LogP contribution < -0.4 is 49.8 Å². The van der Waals surface area contributed by atoms with E-state index in [4.69, 9.17) is 27.4 Å². The fourth-order valence-corrected chi connectivity index (χ4v) is 4.67. The quantitative estimate of drug-likeness (QED) is 0.0481. The van der Waals surface area contributed by atoms with Crippen LogP contribution in [0.2, 0.25) is 0 Å². The highest BCUT2D eigenvalue weighted by Crippen LogP contribution is 2.21. The molecule has 0 aliphatic rings. The number of guanidine groups is 2. The number of aliphatic imine (C=N–C) groups is 2. The van der Waals surface area contributed by atoms with Crippen molar-refractivity contribution < 1.29 is 23.6 Å². The summed E-state index contributed by atoms with van der Waals surface area (Å²) in [5.74, 6) is -2.33. The standard InChI is InChI=1S/C30H46N10O6/c1-16(2)13-23(40-27(44)21(37-18(4)41)7-5-11-35-29(31)32)28(45)39-22(8-6-12-36-30(33)34)26(43)38-19-9-10-20-17(3)14-25(42)46-24(20)15-19/h9-10,14-16,21-23H,5-8,11-13H2,1-4H3,(H,37,41)(H,38,43)(H,39,45)(H,40,44)(H4,31,32,35)(H4,33,34,36). The van der Waals surface area contributed by atoms with E-state index in [2.05, 4.69) is 31.3 Å². The second kappa shape index (κ2) is 18.0. The van der Waals surface area contributed by atoms with Gasteiger partial charge in [-0.2, -0.15) is 0 Å². The van der Waals surface area contributed by atoms with Crippen LogP contribution >= 0.6 is 0 Å². The number of carbonyl (C=O) groups is 4. The average Bonchev–Trinajstić information content (AvgIpc) is 2.94. The third-order valence-corrected chi connectivity index (χ3v) is 6.78. The van der Waals surface area contributed by atoms with Crippen molar-refractivity contribution in [1.29, 1.82) is 0 Å². The van der Waals surface area contributed by atoms with Crippen LogP contribution in [0.15, 0.2) is 43.5 Å². The van der Waals surface area contributed by atoms with Gasteiger partial charge in [0, 0.05) is 43.2 Å². The third kappa shape index (κ3) is 12.8. The maximum Gasteiger partial charge on any atom is 0.336 e. The molecule has 0 fully saturated rings. The van der Waals surface area contributed by atoms with Crippen molar-refractivity contribution in [1.82, 2.24) is 16.0 Å². The summed E-state index contributed by atoms with van der Waals surface area (Å²) in [5, 5.41) is 11.6. The van der Waals surface area contributed by atoms with Crippen molar-refractivity contribution >= 4 is 52.2 Å². The molecular weight excluding hydrogens is 596 g/mol. The first-order valence-electron chi connectivity index (χ1n) is 15.0. The molecule has 2 aromatic rings. The molecule has 0 spiro atoms. The van der Waals surface area contributed by atoms with Crippen LogP contribution in [0.4, 0.5) is 5.69 Å². The van der Waals surface area contributed by atoms with Crippen LogP contribution in [-0.2, 0) is 19.2 Å². The summed E-state index contributed by atoms with van der Waals surface area (Å²) in [6.07, 6.45) is 1.39. The number of aryl methyl sites for hydroxylation is 1. The first kappa shape index (κ1) is 37.0. The Balaban J connectivity index is 2.26. The fourth-order valence-electron chi connectivity index (χ4n) is 4.67. The van der Waals surface area contributed by atoms with E-state index in [0.29, 0.717) is 29.5 Å². The van der Waals surface area contributed by atoms with Gasteiger partial charge in [-0.15, -0.1) is 0 Å². The monoisotopic (exact) mass is 642 g/mol. The lowest BCUT2D eigenvalue weighted by Gasteiger charge is -2.26. The molecule has 0 bridgehead atoms. The topological polar surface area (TPSA) is 275 Å². The van der Waals surface area contributed by atoms with E-state index in [1.165, 1.54) is 19.1 Å². The number of nitrogens with zero attached hydrogens (tertiary/aromatic N) is 2. The molecule has 12 N–H and O–H groups in total. The van der Waals surface area contributed by atoms with Gasteiger partial charge in [-0.25, -0.2) is 4.79 Å². The predicted octanol–water partition coefficient (Wildman–Crippen LogP) is -0.332. The summed E-state index contributed by atoms with van der Waals surface area (Å²) >= 11 is 0. The predicted molar refractivity (Wildman–Crippen MR) is 177 cm³/mol. The largest absolute Gasteiger partial charge is 0.423 e. The number of nitrogens with one attached hydrogen (secondary N) is 4. The number of carbonyl (C=O) groups excluding carboxylic acids is 4. The lowest BCUT2D eigenvalue weighted by Crippen LogP contribution is -2.56. The summed E-state index contributed by atoms with van der Waals surface area (Å²) in [7, 11) is 0. The Morgan fingerprint density at radius 1 is 0.804 bits per heavy atom. The molecule has 0 aliphatic heterocycles. The van der Waals surface area contributed by atoms with Crippen molar-refractivity contribution in [2.75, 3.05) is 18.4 Å². The van der Waals surface area contributed by atoms with Crippen molar-refractivity contribution in [3.8, 4) is 0 Å². The Morgan fingerprint density at radius 3 is 1.89 bits per heavy atom. The lowest BCUT2D eigenvalue weighted by molar-refractivity contribution is -0.133. The highest BCUT2D eigenvalue weighted by Gasteiger charge is 2.30. The summed E-state index contributed by atoms with van der Waals surface area (Å²) in [6.45, 7) is 7.29. The Labute approximate surface area is 267 Å². The molecule has 46 heavy (non-hydrogen) atoms. The number of hydrogen-bond donors (Lipinski definition) is 8. The average molecular weight is 643 g/mol. The van der Waals surface area contributed by atoms with Gasteiger partial charge in [0.1, 0.15) is 23.7 Å². The summed E-state index contributed by atoms with van der Waals surface area (Å²) < 4.78 is 5.28. The van der Waals surface area contributed by atoms with Gasteiger partial charge < -0.3 is 48.6 Å². The molecule has 3 atom stereocenters. The maximum absolute atomic E-state index is 13.6. The molecule has 2 rings (SSSR count). The molecule has 1 heterocycles. The maximum atomic E-state index is 13.6. The highest BCUT2D eigenvalue weighted by molar-refractivity contribution is 6.00. The molecular formula is C30H46N10O6. The van der Waals surface area contributed by atoms with E-state index in [1.807, 2.05) is 13.8 Å². The summed E-state index contributed by atoms with van der Waals surface area (Å²) in [5.41, 5.74) is 22.4. The minimum absolute atomic E-state index is 0.0120. The Kier molecular flexibility index (Phi) is 14.5. The molecule has 0 aliphatic carbocycles. The van der Waals surface area contributed by atoms with Crippen molar-refractivity contribution in [2.24, 2.45) is 38.8 Å². The number of amides is 4. The van der Waals surface area contributed by atoms with E-state index in [0.717, 1.165) is 5.56 Å². The third-order valence-electron chi connectivity index (χ3n) is 6.78. The van der Waals surface area contributed by atoms with Crippen LogP contribution in [0.1, 0.15) is 58.4 Å². The Bertz CT molecular complexity index is 1490. The first-order valence-corrected chi connectivity index (χ1v) is 15.0. The molecule has 1 aromatic carbocycles. The minimum Gasteiger partial charge on any atom is -0.423 e. The van der Waals surface area contributed by atoms with Gasteiger partial charge in [-0.1, -0.05) is 13.8 Å². The number of rotatable bonds is 17. The number of nitrogens with two attached hydrogens (primary N) is 4. The lowest BCUT2D eigenvalue weighted by atomic mass is 10.0. The normalized spacial score (nSPS) is 12.8. The molecule has 0 saturated carbocycles. The Hall–Kier alpha value is -5.15. The molecule has 252 valence electrons. The molecule has 4 amide bonds. The van der Waals surface area contributed by atoms with Crippen LogP contribution in [0, 0.1) is 12.8 Å². The van der Waals surface area contributed by atoms with Gasteiger partial charge in [0.2, 0.25) is 23.6 Å². The van der Waals surface area contributed by atoms with Gasteiger partial charge >= 0.3 is 5.63 Å². The number of anilines is 1. The zero-order valence-corrected chi connectivity index (χ0v) is 26.7. The second-order valence-electron chi connectivity index (χ2n) is 11.4. The zero-order chi connectivity index (χ0) is 34.4. The number of hydrogen-bond acceptors (Lipinski definition) is 8. The van der Waals surface area contributed by atoms with E-state index < -0.39 is 47.4 Å². The molecule has 16 heteroatoms. The van der Waals surface area contributed by atoms with Gasteiger partial charge in [0.25, 0.3) is 0 Å². The van der Waals surface area contributed by atoms with Gasteiger partial charge in [-0.05, 0) is 62.6 Å². The molecule has 0 radical (unpaired) electrons. The Morgan fingerprint density at radius 2 is 1.35 bits per heavy atom. The zero-order valence-electron chi connectivity index (χ0n) is 26.7. The molecule has 0 saturated heterocycles. The van der Waals surface area contributed by atoms with E-state index in [1.54, 1.807) is 19.1 Å². The van der Waals surface area contributed by atoms with Crippen molar-refractivity contribution in [3.63, 3.8) is 0 Å². The van der Waals surface area contributed by atoms with Gasteiger partial charge in [-0.3, -0.25) is 29.2 Å². The second-order valence-corrected chi connectivity index (χ2v) is 11.4. The van der Waals surface area contributed by atoms with E-state index >= 15 is 0 Å². The summed E-state index contributed by atoms with van der Waals surface area (Å²) in [6, 6.07) is 3.27. The van der Waals surface area contributed by atoms with Crippen molar-refractivity contribution in [2.45, 2.75) is 77.9 Å². The molecule has 16 nitrogen and oxygen atoms in total. The first-order chi connectivity index (χ1) is 21.7. The van der Waals surface area contributed by atoms with Crippen LogP contribution in [-0.4, -0.2) is 66.8 Å². The fraction of sp³-hybridized carbons (Fsp3) is 0.500. The van der Waals surface area contributed by atoms with Crippen molar-refractivity contribution in [3.05, 3.63) is 40.2 Å². The van der Waals surface area contributed by atoms with Crippen LogP contribution in [0.3, 0.4) is 0 Å². The minimum atomic E-state index is -1.04. The molecule has 3 unspecified atom stereocenters. The van der Waals surface area contributed by atoms with Gasteiger partial charge in [0.05, 0.1) is 0 Å². The smallest absolute Gasteiger partial charge is 0.336 e. The molecule has 1 aromatic heterocycles. The van der Waals surface area contributed by atoms with E-state index in [9.17, 15) is 24.0 Å². The van der Waals surface area contributed by atoms with Gasteiger partial charge in [0.15, 0.2) is 11.9 Å². The van der Waals surface area contributed by atoms with E-state index in [-0.39, 0.29) is 50.2 Å².